The number of hydrogen-bond acceptors (Lipinski definition) is 4. The van der Waals surface area contributed by atoms with Crippen molar-refractivity contribution in [2.75, 3.05) is 5.32 Å². The van der Waals surface area contributed by atoms with Gasteiger partial charge in [-0.3, -0.25) is 4.79 Å². The maximum atomic E-state index is 11.2. The number of anilines is 1. The van der Waals surface area contributed by atoms with Crippen molar-refractivity contribution in [3.05, 3.63) is 11.1 Å². The number of aliphatic carboxylic acids is 1. The summed E-state index contributed by atoms with van der Waals surface area (Å²) in [6.07, 6.45) is 5.02. The second kappa shape index (κ2) is 5.49. The van der Waals surface area contributed by atoms with Crippen LogP contribution in [0, 0.1) is 5.92 Å². The summed E-state index contributed by atoms with van der Waals surface area (Å²) >= 11 is 1.50. The summed E-state index contributed by atoms with van der Waals surface area (Å²) in [6, 6.07) is 0.473. The number of carbonyl (C=O) groups is 1. The fourth-order valence-corrected chi connectivity index (χ4v) is 3.37. The van der Waals surface area contributed by atoms with E-state index in [1.807, 2.05) is 5.38 Å². The molecule has 0 bridgehead atoms. The molecule has 5 heteroatoms. The lowest BCUT2D eigenvalue weighted by atomic mass is 9.86. The third-order valence-electron chi connectivity index (χ3n) is 4.10. The molecule has 1 fully saturated rings. The lowest BCUT2D eigenvalue weighted by Gasteiger charge is -2.29. The van der Waals surface area contributed by atoms with Crippen LogP contribution >= 0.6 is 11.3 Å². The zero-order valence-electron chi connectivity index (χ0n) is 11.8. The van der Waals surface area contributed by atoms with Crippen molar-refractivity contribution in [2.24, 2.45) is 5.92 Å². The molecule has 1 aromatic rings. The summed E-state index contributed by atoms with van der Waals surface area (Å²) in [5, 5.41) is 15.4. The average molecular weight is 282 g/mol. The highest BCUT2D eigenvalue weighted by atomic mass is 32.1. The summed E-state index contributed by atoms with van der Waals surface area (Å²) in [4.78, 5) is 15.7. The lowest BCUT2D eigenvalue weighted by Crippen LogP contribution is -2.31. The summed E-state index contributed by atoms with van der Waals surface area (Å²) in [5.41, 5.74) is -0.287. The van der Waals surface area contributed by atoms with Gasteiger partial charge in [-0.05, 0) is 32.6 Å². The summed E-state index contributed by atoms with van der Waals surface area (Å²) in [5.74, 6) is -0.177. The SMILES string of the molecule is CC1CCCCC1Nc1nc(C(C)(C)C(=O)O)cs1. The predicted molar refractivity (Wildman–Crippen MR) is 77.8 cm³/mol. The van der Waals surface area contributed by atoms with E-state index in [2.05, 4.69) is 17.2 Å². The summed E-state index contributed by atoms with van der Waals surface area (Å²) in [7, 11) is 0. The Bertz CT molecular complexity index is 456. The minimum atomic E-state index is -0.922. The first-order chi connectivity index (χ1) is 8.91. The van der Waals surface area contributed by atoms with Gasteiger partial charge in [-0.1, -0.05) is 19.8 Å². The molecular formula is C14H22N2O2S. The first-order valence-electron chi connectivity index (χ1n) is 6.87. The molecule has 106 valence electrons. The van der Waals surface area contributed by atoms with Crippen molar-refractivity contribution < 1.29 is 9.90 Å². The van der Waals surface area contributed by atoms with Crippen LogP contribution in [0.1, 0.15) is 52.1 Å². The third-order valence-corrected chi connectivity index (χ3v) is 4.87. The molecule has 1 saturated carbocycles. The van der Waals surface area contributed by atoms with Crippen LogP contribution < -0.4 is 5.32 Å². The van der Waals surface area contributed by atoms with Crippen LogP contribution in [0.3, 0.4) is 0 Å². The van der Waals surface area contributed by atoms with Crippen molar-refractivity contribution in [1.82, 2.24) is 4.98 Å². The van der Waals surface area contributed by atoms with Crippen LogP contribution in [0.2, 0.25) is 0 Å². The fraction of sp³-hybridized carbons (Fsp3) is 0.714. The quantitative estimate of drug-likeness (QED) is 0.887. The monoisotopic (exact) mass is 282 g/mol. The first kappa shape index (κ1) is 14.3. The van der Waals surface area contributed by atoms with Gasteiger partial charge in [0, 0.05) is 11.4 Å². The van der Waals surface area contributed by atoms with Crippen molar-refractivity contribution in [1.29, 1.82) is 0 Å². The number of nitrogens with zero attached hydrogens (tertiary/aromatic N) is 1. The van der Waals surface area contributed by atoms with Crippen molar-refractivity contribution in [3.63, 3.8) is 0 Å². The molecular weight excluding hydrogens is 260 g/mol. The van der Waals surface area contributed by atoms with Gasteiger partial charge in [0.2, 0.25) is 0 Å². The highest BCUT2D eigenvalue weighted by molar-refractivity contribution is 7.13. The highest BCUT2D eigenvalue weighted by Gasteiger charge is 2.32. The minimum absolute atomic E-state index is 0.473. The molecule has 4 nitrogen and oxygen atoms in total. The van der Waals surface area contributed by atoms with Crippen LogP contribution in [0.5, 0.6) is 0 Å². The van der Waals surface area contributed by atoms with Crippen molar-refractivity contribution in [2.45, 2.75) is 57.9 Å². The van der Waals surface area contributed by atoms with Crippen LogP contribution in [0.4, 0.5) is 5.13 Å². The van der Waals surface area contributed by atoms with Crippen molar-refractivity contribution in [3.8, 4) is 0 Å². The molecule has 2 rings (SSSR count). The Kier molecular flexibility index (Phi) is 4.13. The molecule has 2 unspecified atom stereocenters. The summed E-state index contributed by atoms with van der Waals surface area (Å²) < 4.78 is 0. The van der Waals surface area contributed by atoms with E-state index in [1.54, 1.807) is 13.8 Å². The Morgan fingerprint density at radius 2 is 2.16 bits per heavy atom. The zero-order chi connectivity index (χ0) is 14.0. The lowest BCUT2D eigenvalue weighted by molar-refractivity contribution is -0.142. The molecule has 1 aliphatic carbocycles. The van der Waals surface area contributed by atoms with Gasteiger partial charge in [-0.2, -0.15) is 0 Å². The van der Waals surface area contributed by atoms with Crippen LogP contribution in [-0.2, 0) is 10.2 Å². The Morgan fingerprint density at radius 3 is 2.79 bits per heavy atom. The molecule has 0 amide bonds. The second-order valence-corrected chi connectivity index (χ2v) is 6.84. The number of hydrogen-bond donors (Lipinski definition) is 2. The van der Waals surface area contributed by atoms with E-state index in [4.69, 9.17) is 0 Å². The molecule has 1 heterocycles. The van der Waals surface area contributed by atoms with Crippen LogP contribution in [0.25, 0.3) is 0 Å². The van der Waals surface area contributed by atoms with Gasteiger partial charge in [0.1, 0.15) is 5.41 Å². The maximum absolute atomic E-state index is 11.2. The largest absolute Gasteiger partial charge is 0.481 e. The standard InChI is InChI=1S/C14H22N2O2S/c1-9-6-4-5-7-10(9)15-13-16-11(8-19-13)14(2,3)12(17)18/h8-10H,4-7H2,1-3H3,(H,15,16)(H,17,18). The Labute approximate surface area is 118 Å². The normalized spacial score (nSPS) is 24.2. The second-order valence-electron chi connectivity index (χ2n) is 5.98. The average Bonchev–Trinajstić information content (AvgIpc) is 2.81. The van der Waals surface area contributed by atoms with Gasteiger partial charge in [0.25, 0.3) is 0 Å². The van der Waals surface area contributed by atoms with Crippen LogP contribution in [0.15, 0.2) is 5.38 Å². The molecule has 0 radical (unpaired) electrons. The van der Waals surface area contributed by atoms with E-state index in [0.29, 0.717) is 17.7 Å². The highest BCUT2D eigenvalue weighted by Crippen LogP contribution is 2.31. The fourth-order valence-electron chi connectivity index (χ4n) is 2.43. The number of nitrogens with one attached hydrogen (secondary N) is 1. The predicted octanol–water partition coefficient (Wildman–Crippen LogP) is 3.50. The molecule has 19 heavy (non-hydrogen) atoms. The van der Waals surface area contributed by atoms with E-state index in [9.17, 15) is 9.90 Å². The first-order valence-corrected chi connectivity index (χ1v) is 7.75. The van der Waals surface area contributed by atoms with E-state index in [1.165, 1.54) is 37.0 Å². The number of thiazole rings is 1. The van der Waals surface area contributed by atoms with Gasteiger partial charge in [-0.25, -0.2) is 4.98 Å². The number of carboxylic acid groups (broad SMARTS) is 1. The van der Waals surface area contributed by atoms with E-state index in [0.717, 1.165) is 5.13 Å². The number of rotatable bonds is 4. The van der Waals surface area contributed by atoms with Gasteiger partial charge in [0.05, 0.1) is 5.69 Å². The molecule has 2 N–H and O–H groups in total. The van der Waals surface area contributed by atoms with Gasteiger partial charge < -0.3 is 10.4 Å². The Morgan fingerprint density at radius 1 is 1.47 bits per heavy atom. The Balaban J connectivity index is 2.07. The molecule has 0 aromatic carbocycles. The third kappa shape index (κ3) is 3.08. The summed E-state index contributed by atoms with van der Waals surface area (Å²) in [6.45, 7) is 5.65. The molecule has 0 aliphatic heterocycles. The van der Waals surface area contributed by atoms with Crippen molar-refractivity contribution >= 4 is 22.4 Å². The molecule has 0 spiro atoms. The maximum Gasteiger partial charge on any atom is 0.315 e. The molecule has 0 saturated heterocycles. The smallest absolute Gasteiger partial charge is 0.315 e. The molecule has 1 aliphatic rings. The number of aromatic nitrogens is 1. The van der Waals surface area contributed by atoms with E-state index in [-0.39, 0.29) is 0 Å². The number of carboxylic acids is 1. The molecule has 2 atom stereocenters. The van der Waals surface area contributed by atoms with Gasteiger partial charge in [0.15, 0.2) is 5.13 Å². The van der Waals surface area contributed by atoms with Gasteiger partial charge in [-0.15, -0.1) is 11.3 Å². The zero-order valence-corrected chi connectivity index (χ0v) is 12.6. The Hall–Kier alpha value is -1.10. The topological polar surface area (TPSA) is 62.2 Å². The van der Waals surface area contributed by atoms with Crippen LogP contribution in [-0.4, -0.2) is 22.1 Å². The van der Waals surface area contributed by atoms with Gasteiger partial charge >= 0.3 is 5.97 Å². The van der Waals surface area contributed by atoms with E-state index < -0.39 is 11.4 Å². The van der Waals surface area contributed by atoms with E-state index >= 15 is 0 Å². The molecule has 1 aromatic heterocycles. The minimum Gasteiger partial charge on any atom is -0.481 e.